The third kappa shape index (κ3) is 2.70. The van der Waals surface area contributed by atoms with Crippen molar-refractivity contribution in [1.82, 2.24) is 0 Å². The predicted molar refractivity (Wildman–Crippen MR) is 67.1 cm³/mol. The van der Waals surface area contributed by atoms with Crippen LogP contribution in [0.25, 0.3) is 0 Å². The molecule has 0 saturated heterocycles. The van der Waals surface area contributed by atoms with E-state index in [1.165, 1.54) is 34.5 Å². The lowest BCUT2D eigenvalue weighted by molar-refractivity contribution is -0.105. The molecule has 0 bridgehead atoms. The van der Waals surface area contributed by atoms with E-state index < -0.39 is 5.97 Å². The zero-order valence-corrected chi connectivity index (χ0v) is 11.1. The minimum absolute atomic E-state index is 0.101. The first kappa shape index (κ1) is 14.6. The van der Waals surface area contributed by atoms with Gasteiger partial charge in [-0.25, -0.2) is 4.79 Å². The molecule has 0 aliphatic heterocycles. The molecule has 0 spiro atoms. The number of carbonyl (C=O) groups excluding carboxylic acids is 2. The summed E-state index contributed by atoms with van der Waals surface area (Å²) in [4.78, 5) is 22.4. The van der Waals surface area contributed by atoms with E-state index in [1.54, 1.807) is 0 Å². The van der Waals surface area contributed by atoms with E-state index in [4.69, 9.17) is 14.2 Å². The van der Waals surface area contributed by atoms with Crippen LogP contribution in [0.15, 0.2) is 6.07 Å². The second-order valence-corrected chi connectivity index (χ2v) is 3.32. The fraction of sp³-hybridized carbons (Fsp3) is 0.333. The SMILES string of the molecule is COC(=O)c1cc(OC)c(OC)c(OC)c1NC=O. The number of rotatable bonds is 6. The second kappa shape index (κ2) is 6.48. The molecule has 1 aromatic carbocycles. The van der Waals surface area contributed by atoms with E-state index in [1.807, 2.05) is 0 Å². The van der Waals surface area contributed by atoms with Crippen molar-refractivity contribution in [3.05, 3.63) is 11.6 Å². The van der Waals surface area contributed by atoms with Gasteiger partial charge in [0.1, 0.15) is 5.69 Å². The van der Waals surface area contributed by atoms with Gasteiger partial charge in [0, 0.05) is 6.07 Å². The molecule has 19 heavy (non-hydrogen) atoms. The molecule has 7 heteroatoms. The number of carbonyl (C=O) groups is 2. The van der Waals surface area contributed by atoms with Crippen LogP contribution in [0.2, 0.25) is 0 Å². The summed E-state index contributed by atoms with van der Waals surface area (Å²) in [6.45, 7) is 0. The summed E-state index contributed by atoms with van der Waals surface area (Å²) in [5.74, 6) is 0.0937. The Bertz CT molecular complexity index is 486. The zero-order valence-electron chi connectivity index (χ0n) is 11.1. The largest absolute Gasteiger partial charge is 0.493 e. The third-order valence-corrected chi connectivity index (χ3v) is 2.44. The third-order valence-electron chi connectivity index (χ3n) is 2.44. The van der Waals surface area contributed by atoms with E-state index in [9.17, 15) is 9.59 Å². The average molecular weight is 269 g/mol. The van der Waals surface area contributed by atoms with Crippen molar-refractivity contribution < 1.29 is 28.5 Å². The van der Waals surface area contributed by atoms with Gasteiger partial charge in [-0.15, -0.1) is 0 Å². The van der Waals surface area contributed by atoms with E-state index in [0.29, 0.717) is 6.41 Å². The molecular formula is C12H15NO6. The average Bonchev–Trinajstić information content (AvgIpc) is 2.45. The smallest absolute Gasteiger partial charge is 0.340 e. The Morgan fingerprint density at radius 3 is 2.16 bits per heavy atom. The second-order valence-electron chi connectivity index (χ2n) is 3.32. The van der Waals surface area contributed by atoms with Crippen LogP contribution in [0.3, 0.4) is 0 Å². The molecule has 104 valence electrons. The van der Waals surface area contributed by atoms with Crippen LogP contribution in [-0.2, 0) is 9.53 Å². The molecular weight excluding hydrogens is 254 g/mol. The normalized spacial score (nSPS) is 9.47. The Labute approximate surface area is 110 Å². The molecule has 1 N–H and O–H groups in total. The van der Waals surface area contributed by atoms with Gasteiger partial charge in [-0.2, -0.15) is 0 Å². The zero-order chi connectivity index (χ0) is 14.4. The maximum atomic E-state index is 11.7. The van der Waals surface area contributed by atoms with Gasteiger partial charge in [-0.3, -0.25) is 4.79 Å². The molecule has 0 unspecified atom stereocenters. The minimum Gasteiger partial charge on any atom is -0.493 e. The number of amides is 1. The fourth-order valence-electron chi connectivity index (χ4n) is 1.63. The van der Waals surface area contributed by atoms with Gasteiger partial charge in [0.25, 0.3) is 0 Å². The number of anilines is 1. The molecule has 0 aliphatic rings. The molecule has 1 amide bonds. The molecule has 7 nitrogen and oxygen atoms in total. The number of benzene rings is 1. The van der Waals surface area contributed by atoms with E-state index >= 15 is 0 Å². The van der Waals surface area contributed by atoms with Crippen LogP contribution in [0.1, 0.15) is 10.4 Å². The van der Waals surface area contributed by atoms with Crippen molar-refractivity contribution in [2.24, 2.45) is 0 Å². The molecule has 0 fully saturated rings. The van der Waals surface area contributed by atoms with Crippen molar-refractivity contribution in [3.8, 4) is 17.2 Å². The van der Waals surface area contributed by atoms with Gasteiger partial charge in [0.05, 0.1) is 34.0 Å². The summed E-state index contributed by atoms with van der Waals surface area (Å²) in [5, 5.41) is 2.39. The highest BCUT2D eigenvalue weighted by Gasteiger charge is 2.24. The van der Waals surface area contributed by atoms with E-state index in [0.717, 1.165) is 0 Å². The Morgan fingerprint density at radius 1 is 1.11 bits per heavy atom. The molecule has 0 atom stereocenters. The van der Waals surface area contributed by atoms with E-state index in [-0.39, 0.29) is 28.5 Å². The van der Waals surface area contributed by atoms with Crippen molar-refractivity contribution in [2.45, 2.75) is 0 Å². The van der Waals surface area contributed by atoms with Crippen LogP contribution >= 0.6 is 0 Å². The highest BCUT2D eigenvalue weighted by Crippen LogP contribution is 2.45. The Morgan fingerprint density at radius 2 is 1.74 bits per heavy atom. The maximum Gasteiger partial charge on any atom is 0.340 e. The Hall–Kier alpha value is -2.44. The summed E-state index contributed by atoms with van der Waals surface area (Å²) >= 11 is 0. The summed E-state index contributed by atoms with van der Waals surface area (Å²) in [6, 6.07) is 1.40. The molecule has 1 rings (SSSR count). The van der Waals surface area contributed by atoms with Crippen molar-refractivity contribution in [1.29, 1.82) is 0 Å². The monoisotopic (exact) mass is 269 g/mol. The molecule has 0 aromatic heterocycles. The standard InChI is InChI=1S/C12H15NO6/c1-16-8-5-7(12(15)19-4)9(13-6-14)11(18-3)10(8)17-2/h5-6H,1-4H3,(H,13,14). The van der Waals surface area contributed by atoms with Gasteiger partial charge in [0.15, 0.2) is 11.5 Å². The predicted octanol–water partition coefficient (Wildman–Crippen LogP) is 1.07. The molecule has 0 saturated carbocycles. The van der Waals surface area contributed by atoms with Crippen LogP contribution in [0.4, 0.5) is 5.69 Å². The number of esters is 1. The van der Waals surface area contributed by atoms with Crippen LogP contribution in [0.5, 0.6) is 17.2 Å². The van der Waals surface area contributed by atoms with Crippen LogP contribution in [-0.4, -0.2) is 40.8 Å². The minimum atomic E-state index is -0.636. The first-order valence-corrected chi connectivity index (χ1v) is 5.26. The summed E-state index contributed by atoms with van der Waals surface area (Å²) in [5.41, 5.74) is 0.256. The summed E-state index contributed by atoms with van der Waals surface area (Å²) < 4.78 is 20.1. The van der Waals surface area contributed by atoms with Crippen LogP contribution in [0, 0.1) is 0 Å². The van der Waals surface area contributed by atoms with E-state index in [2.05, 4.69) is 10.1 Å². The number of nitrogens with one attached hydrogen (secondary N) is 1. The van der Waals surface area contributed by atoms with Gasteiger partial charge < -0.3 is 24.3 Å². The maximum absolute atomic E-state index is 11.7. The lowest BCUT2D eigenvalue weighted by Crippen LogP contribution is -2.10. The number of methoxy groups -OCH3 is 4. The van der Waals surface area contributed by atoms with Crippen molar-refractivity contribution in [2.75, 3.05) is 33.8 Å². The lowest BCUT2D eigenvalue weighted by Gasteiger charge is -2.17. The Kier molecular flexibility index (Phi) is 4.99. The number of ether oxygens (including phenoxy) is 4. The Balaban J connectivity index is 3.61. The number of hydrogen-bond donors (Lipinski definition) is 1. The topological polar surface area (TPSA) is 83.1 Å². The molecule has 0 radical (unpaired) electrons. The van der Waals surface area contributed by atoms with Gasteiger partial charge in [-0.05, 0) is 0 Å². The first-order chi connectivity index (χ1) is 9.14. The quantitative estimate of drug-likeness (QED) is 0.614. The summed E-state index contributed by atoms with van der Waals surface area (Å²) in [7, 11) is 5.46. The fourth-order valence-corrected chi connectivity index (χ4v) is 1.63. The number of hydrogen-bond acceptors (Lipinski definition) is 6. The molecule has 0 heterocycles. The van der Waals surface area contributed by atoms with Gasteiger partial charge >= 0.3 is 5.97 Å². The van der Waals surface area contributed by atoms with Gasteiger partial charge in [0.2, 0.25) is 12.2 Å². The molecule has 1 aromatic rings. The first-order valence-electron chi connectivity index (χ1n) is 5.26. The van der Waals surface area contributed by atoms with Crippen molar-refractivity contribution >= 4 is 18.1 Å². The highest BCUT2D eigenvalue weighted by atomic mass is 16.5. The lowest BCUT2D eigenvalue weighted by atomic mass is 10.1. The summed E-state index contributed by atoms with van der Waals surface area (Å²) in [6.07, 6.45) is 0.427. The van der Waals surface area contributed by atoms with Crippen LogP contribution < -0.4 is 19.5 Å². The van der Waals surface area contributed by atoms with Gasteiger partial charge in [-0.1, -0.05) is 0 Å². The molecule has 0 aliphatic carbocycles. The highest BCUT2D eigenvalue weighted by molar-refractivity contribution is 6.01. The van der Waals surface area contributed by atoms with Crippen molar-refractivity contribution in [3.63, 3.8) is 0 Å².